The molecule has 2 aromatic carbocycles. The summed E-state index contributed by atoms with van der Waals surface area (Å²) < 4.78 is 25.0. The Hall–Kier alpha value is -2.69. The Bertz CT molecular complexity index is 1010. The fraction of sp³-hybridized carbons (Fsp3) is 0.211. The molecule has 8 nitrogen and oxygen atoms in total. The number of nitrogens with one attached hydrogen (secondary N) is 2. The average Bonchev–Trinajstić information content (AvgIpc) is 3.14. The zero-order valence-electron chi connectivity index (χ0n) is 15.6. The second-order valence-corrected chi connectivity index (χ2v) is 7.49. The molecule has 0 atom stereocenters. The molecule has 0 radical (unpaired) electrons. The maximum atomic E-state index is 14.0. The number of halogens is 3. The predicted molar refractivity (Wildman–Crippen MR) is 113 cm³/mol. The third kappa shape index (κ3) is 5.68. The second kappa shape index (κ2) is 10.4. The summed E-state index contributed by atoms with van der Waals surface area (Å²) in [6.45, 7) is 1.27. The number of nitrogens with two attached hydrogens (primary N) is 1. The summed E-state index contributed by atoms with van der Waals surface area (Å²) >= 11 is 9.49. The van der Waals surface area contributed by atoms with E-state index in [1.165, 1.54) is 6.07 Å². The zero-order chi connectivity index (χ0) is 21.5. The lowest BCUT2D eigenvalue weighted by atomic mass is 10.2. The van der Waals surface area contributed by atoms with Crippen LogP contribution in [0.2, 0.25) is 5.02 Å². The lowest BCUT2D eigenvalue weighted by Crippen LogP contribution is -2.32. The molecule has 0 aliphatic rings. The molecule has 3 aromatic rings. The summed E-state index contributed by atoms with van der Waals surface area (Å²) in [4.78, 5) is 11.9. The van der Waals surface area contributed by atoms with Crippen LogP contribution in [0.3, 0.4) is 0 Å². The van der Waals surface area contributed by atoms with Gasteiger partial charge in [-0.15, -0.1) is 0 Å². The first-order chi connectivity index (χ1) is 14.5. The van der Waals surface area contributed by atoms with Crippen LogP contribution in [0.25, 0.3) is 0 Å². The van der Waals surface area contributed by atoms with Gasteiger partial charge in [-0.05, 0) is 40.6 Å². The van der Waals surface area contributed by atoms with Gasteiger partial charge in [-0.3, -0.25) is 4.79 Å². The van der Waals surface area contributed by atoms with Gasteiger partial charge in [0.25, 0.3) is 5.91 Å². The molecule has 1 aromatic heterocycles. The van der Waals surface area contributed by atoms with E-state index in [0.717, 1.165) is 10.0 Å². The molecular formula is C19H18BrClFN5O3. The summed E-state index contributed by atoms with van der Waals surface area (Å²) in [7, 11) is 0. The van der Waals surface area contributed by atoms with Gasteiger partial charge in [-0.1, -0.05) is 33.6 Å². The number of nitrogen functional groups attached to an aromatic ring is 1. The molecule has 0 unspecified atom stereocenters. The SMILES string of the molecule is Nc1nonc1C(=O)NCCNCc1cc(Br)ccc1OCc1c(F)cccc1Cl. The van der Waals surface area contributed by atoms with Gasteiger partial charge in [0.05, 0.1) is 5.02 Å². The average molecular weight is 499 g/mol. The fourth-order valence-electron chi connectivity index (χ4n) is 2.57. The quantitative estimate of drug-likeness (QED) is 0.388. The number of carbonyl (C=O) groups is 1. The molecule has 0 saturated carbocycles. The van der Waals surface area contributed by atoms with Gasteiger partial charge >= 0.3 is 0 Å². The Morgan fingerprint density at radius 2 is 2.10 bits per heavy atom. The molecule has 4 N–H and O–H groups in total. The number of ether oxygens (including phenoxy) is 1. The number of hydrogen-bond acceptors (Lipinski definition) is 7. The Morgan fingerprint density at radius 1 is 1.27 bits per heavy atom. The highest BCUT2D eigenvalue weighted by molar-refractivity contribution is 9.10. The highest BCUT2D eigenvalue weighted by Crippen LogP contribution is 2.26. The van der Waals surface area contributed by atoms with Crippen LogP contribution in [0.4, 0.5) is 10.2 Å². The molecule has 0 spiro atoms. The molecule has 0 fully saturated rings. The van der Waals surface area contributed by atoms with Crippen LogP contribution in [0.1, 0.15) is 21.6 Å². The number of hydrogen-bond donors (Lipinski definition) is 3. The molecule has 11 heteroatoms. The third-order valence-corrected chi connectivity index (χ3v) is 4.94. The first-order valence-electron chi connectivity index (χ1n) is 8.86. The first-order valence-corrected chi connectivity index (χ1v) is 10.0. The monoisotopic (exact) mass is 497 g/mol. The lowest BCUT2D eigenvalue weighted by molar-refractivity contribution is 0.0944. The van der Waals surface area contributed by atoms with Gasteiger partial charge in [-0.25, -0.2) is 9.02 Å². The van der Waals surface area contributed by atoms with Gasteiger partial charge in [0.2, 0.25) is 11.5 Å². The third-order valence-electron chi connectivity index (χ3n) is 4.09. The normalized spacial score (nSPS) is 10.8. The number of nitrogens with zero attached hydrogens (tertiary/aromatic N) is 2. The van der Waals surface area contributed by atoms with Crippen molar-refractivity contribution < 1.29 is 18.6 Å². The molecule has 30 heavy (non-hydrogen) atoms. The summed E-state index contributed by atoms with van der Waals surface area (Å²) in [6, 6.07) is 10.0. The van der Waals surface area contributed by atoms with Crippen molar-refractivity contribution in [3.05, 3.63) is 68.5 Å². The molecule has 0 saturated heterocycles. The lowest BCUT2D eigenvalue weighted by Gasteiger charge is -2.14. The molecule has 3 rings (SSSR count). The van der Waals surface area contributed by atoms with Gasteiger partial charge in [0.1, 0.15) is 18.2 Å². The standard InChI is InChI=1S/C19H18BrClFN5O3/c20-12-4-5-16(29-10-13-14(21)2-1-3-15(13)22)11(8-12)9-24-6-7-25-19(28)17-18(23)27-30-26-17/h1-5,8,24H,6-7,9-10H2,(H2,23,27)(H,25,28). The molecule has 1 amide bonds. The van der Waals surface area contributed by atoms with E-state index in [-0.39, 0.29) is 18.1 Å². The number of aromatic nitrogens is 2. The predicted octanol–water partition coefficient (Wildman–Crippen LogP) is 3.31. The number of benzene rings is 2. The highest BCUT2D eigenvalue weighted by Gasteiger charge is 2.15. The van der Waals surface area contributed by atoms with Crippen molar-refractivity contribution in [1.29, 1.82) is 0 Å². The van der Waals surface area contributed by atoms with Crippen LogP contribution in [0, 0.1) is 5.82 Å². The van der Waals surface area contributed by atoms with E-state index < -0.39 is 11.7 Å². The van der Waals surface area contributed by atoms with E-state index in [1.54, 1.807) is 18.2 Å². The van der Waals surface area contributed by atoms with Crippen molar-refractivity contribution in [2.24, 2.45) is 0 Å². The zero-order valence-corrected chi connectivity index (χ0v) is 18.0. The fourth-order valence-corrected chi connectivity index (χ4v) is 3.20. The number of amides is 1. The molecule has 0 aliphatic heterocycles. The van der Waals surface area contributed by atoms with Crippen molar-refractivity contribution in [3.8, 4) is 5.75 Å². The molecule has 0 aliphatic carbocycles. The van der Waals surface area contributed by atoms with E-state index in [4.69, 9.17) is 22.1 Å². The van der Waals surface area contributed by atoms with Gasteiger partial charge in [0.15, 0.2) is 0 Å². The van der Waals surface area contributed by atoms with Crippen LogP contribution < -0.4 is 21.1 Å². The minimum atomic E-state index is -0.469. The van der Waals surface area contributed by atoms with Crippen molar-refractivity contribution in [1.82, 2.24) is 20.9 Å². The summed E-state index contributed by atoms with van der Waals surface area (Å²) in [5.74, 6) is -0.358. The maximum Gasteiger partial charge on any atom is 0.277 e. The van der Waals surface area contributed by atoms with E-state index in [0.29, 0.717) is 36.0 Å². The van der Waals surface area contributed by atoms with Crippen molar-refractivity contribution in [2.45, 2.75) is 13.2 Å². The van der Waals surface area contributed by atoms with E-state index in [2.05, 4.69) is 41.5 Å². The first kappa shape index (κ1) is 22.0. The summed E-state index contributed by atoms with van der Waals surface area (Å²) in [5, 5.41) is 13.0. The van der Waals surface area contributed by atoms with Gasteiger partial charge < -0.3 is 21.1 Å². The minimum absolute atomic E-state index is 0.00333. The van der Waals surface area contributed by atoms with Crippen LogP contribution >= 0.6 is 27.5 Å². The highest BCUT2D eigenvalue weighted by atomic mass is 79.9. The molecular weight excluding hydrogens is 481 g/mol. The van der Waals surface area contributed by atoms with Crippen LogP contribution in [0.5, 0.6) is 5.75 Å². The Labute approximate surface area is 185 Å². The Morgan fingerprint density at radius 3 is 2.83 bits per heavy atom. The molecule has 0 bridgehead atoms. The van der Waals surface area contributed by atoms with Crippen LogP contribution in [0.15, 0.2) is 45.5 Å². The van der Waals surface area contributed by atoms with Crippen LogP contribution in [-0.2, 0) is 13.2 Å². The van der Waals surface area contributed by atoms with E-state index in [9.17, 15) is 9.18 Å². The summed E-state index contributed by atoms with van der Waals surface area (Å²) in [6.07, 6.45) is 0. The Balaban J connectivity index is 1.52. The van der Waals surface area contributed by atoms with Crippen LogP contribution in [-0.4, -0.2) is 29.3 Å². The number of carbonyl (C=O) groups excluding carboxylic acids is 1. The van der Waals surface area contributed by atoms with Gasteiger partial charge in [0, 0.05) is 35.2 Å². The smallest absolute Gasteiger partial charge is 0.277 e. The number of rotatable bonds is 9. The minimum Gasteiger partial charge on any atom is -0.488 e. The van der Waals surface area contributed by atoms with E-state index >= 15 is 0 Å². The molecule has 158 valence electrons. The Kier molecular flexibility index (Phi) is 7.61. The second-order valence-electron chi connectivity index (χ2n) is 6.17. The largest absolute Gasteiger partial charge is 0.488 e. The van der Waals surface area contributed by atoms with Crippen molar-refractivity contribution in [2.75, 3.05) is 18.8 Å². The van der Waals surface area contributed by atoms with Crippen molar-refractivity contribution in [3.63, 3.8) is 0 Å². The van der Waals surface area contributed by atoms with E-state index in [1.807, 2.05) is 12.1 Å². The molecule has 1 heterocycles. The number of anilines is 1. The summed E-state index contributed by atoms with van der Waals surface area (Å²) in [5.41, 5.74) is 6.57. The van der Waals surface area contributed by atoms with Crippen molar-refractivity contribution >= 4 is 39.3 Å². The van der Waals surface area contributed by atoms with Gasteiger partial charge in [-0.2, -0.15) is 0 Å². The topological polar surface area (TPSA) is 115 Å². The maximum absolute atomic E-state index is 14.0.